The third-order valence-corrected chi connectivity index (χ3v) is 5.00. The van der Waals surface area contributed by atoms with Crippen LogP contribution >= 0.6 is 0 Å². The highest BCUT2D eigenvalue weighted by Crippen LogP contribution is 2.43. The van der Waals surface area contributed by atoms with E-state index < -0.39 is 0 Å². The molecule has 4 rings (SSSR count). The van der Waals surface area contributed by atoms with Crippen LogP contribution in [0.5, 0.6) is 0 Å². The van der Waals surface area contributed by atoms with Crippen LogP contribution in [0.15, 0.2) is 48.5 Å². The van der Waals surface area contributed by atoms with Crippen molar-refractivity contribution in [1.82, 2.24) is 0 Å². The standard InChI is InChI=1S/C20H20N2O2/c1-13-6-2-4-8-17(13)21-19(23)15-12-16(15)20(24)22-11-10-14-7-3-5-9-18(14)22/h2-9,15-16H,10-12H2,1H3,(H,21,23). The third-order valence-electron chi connectivity index (χ3n) is 5.00. The Morgan fingerprint density at radius 2 is 1.79 bits per heavy atom. The van der Waals surface area contributed by atoms with Crippen molar-refractivity contribution in [2.24, 2.45) is 11.8 Å². The summed E-state index contributed by atoms with van der Waals surface area (Å²) in [7, 11) is 0. The average molecular weight is 320 g/mol. The summed E-state index contributed by atoms with van der Waals surface area (Å²) in [4.78, 5) is 27.0. The van der Waals surface area contributed by atoms with E-state index in [0.717, 1.165) is 29.9 Å². The number of carbonyl (C=O) groups is 2. The minimum absolute atomic E-state index is 0.0462. The zero-order valence-corrected chi connectivity index (χ0v) is 13.7. The van der Waals surface area contributed by atoms with Gasteiger partial charge in [-0.3, -0.25) is 9.59 Å². The number of anilines is 2. The lowest BCUT2D eigenvalue weighted by Crippen LogP contribution is -2.32. The summed E-state index contributed by atoms with van der Waals surface area (Å²) in [6, 6.07) is 15.7. The van der Waals surface area contributed by atoms with Crippen LogP contribution in [0.1, 0.15) is 17.5 Å². The van der Waals surface area contributed by atoms with Gasteiger partial charge in [-0.1, -0.05) is 36.4 Å². The molecule has 2 aromatic rings. The van der Waals surface area contributed by atoms with Gasteiger partial charge in [-0.25, -0.2) is 0 Å². The van der Waals surface area contributed by atoms with Gasteiger partial charge in [0.1, 0.15) is 0 Å². The van der Waals surface area contributed by atoms with Crippen molar-refractivity contribution in [3.8, 4) is 0 Å². The first-order valence-corrected chi connectivity index (χ1v) is 8.41. The van der Waals surface area contributed by atoms with Crippen molar-refractivity contribution in [3.05, 3.63) is 59.7 Å². The zero-order valence-electron chi connectivity index (χ0n) is 13.7. The molecule has 122 valence electrons. The molecule has 4 nitrogen and oxygen atoms in total. The largest absolute Gasteiger partial charge is 0.326 e. The maximum Gasteiger partial charge on any atom is 0.230 e. The summed E-state index contributed by atoms with van der Waals surface area (Å²) in [5.74, 6) is -0.343. The van der Waals surface area contributed by atoms with Gasteiger partial charge in [0.05, 0.1) is 11.8 Å². The number of para-hydroxylation sites is 2. The van der Waals surface area contributed by atoms with Crippen LogP contribution in [0.25, 0.3) is 0 Å². The summed E-state index contributed by atoms with van der Waals surface area (Å²) < 4.78 is 0. The number of nitrogens with zero attached hydrogens (tertiary/aromatic N) is 1. The molecule has 2 aromatic carbocycles. The van der Waals surface area contributed by atoms with E-state index in [2.05, 4.69) is 11.4 Å². The lowest BCUT2D eigenvalue weighted by Gasteiger charge is -2.17. The molecule has 1 fully saturated rings. The summed E-state index contributed by atoms with van der Waals surface area (Å²) in [6.45, 7) is 2.69. The number of rotatable bonds is 3. The van der Waals surface area contributed by atoms with Crippen molar-refractivity contribution in [1.29, 1.82) is 0 Å². The Morgan fingerprint density at radius 3 is 2.62 bits per heavy atom. The fraction of sp³-hybridized carbons (Fsp3) is 0.300. The normalized spacial score (nSPS) is 21.3. The predicted octanol–water partition coefficient (Wildman–Crippen LogP) is 3.16. The molecule has 2 amide bonds. The Kier molecular flexibility index (Phi) is 3.60. The van der Waals surface area contributed by atoms with Gasteiger partial charge in [0.25, 0.3) is 0 Å². The molecule has 0 radical (unpaired) electrons. The van der Waals surface area contributed by atoms with E-state index in [4.69, 9.17) is 0 Å². The number of hydrogen-bond acceptors (Lipinski definition) is 2. The minimum atomic E-state index is -0.204. The maximum atomic E-state index is 12.8. The van der Waals surface area contributed by atoms with Crippen molar-refractivity contribution in [3.63, 3.8) is 0 Å². The van der Waals surface area contributed by atoms with E-state index >= 15 is 0 Å². The van der Waals surface area contributed by atoms with Crippen LogP contribution in [0, 0.1) is 18.8 Å². The van der Waals surface area contributed by atoms with Gasteiger partial charge in [-0.15, -0.1) is 0 Å². The van der Waals surface area contributed by atoms with Crippen LogP contribution < -0.4 is 10.2 Å². The van der Waals surface area contributed by atoms with Crippen LogP contribution in [0.2, 0.25) is 0 Å². The first-order chi connectivity index (χ1) is 11.6. The highest BCUT2D eigenvalue weighted by Gasteiger charge is 2.50. The van der Waals surface area contributed by atoms with E-state index in [0.29, 0.717) is 6.42 Å². The molecule has 2 unspecified atom stereocenters. The number of benzene rings is 2. The molecular weight excluding hydrogens is 300 g/mol. The fourth-order valence-electron chi connectivity index (χ4n) is 3.46. The SMILES string of the molecule is Cc1ccccc1NC(=O)C1CC1C(=O)N1CCc2ccccc21. The second kappa shape index (κ2) is 5.78. The molecule has 0 saturated heterocycles. The minimum Gasteiger partial charge on any atom is -0.326 e. The smallest absolute Gasteiger partial charge is 0.230 e. The number of aryl methyl sites for hydroxylation is 1. The van der Waals surface area contributed by atoms with E-state index in [1.807, 2.05) is 54.3 Å². The lowest BCUT2D eigenvalue weighted by atomic mass is 10.2. The Morgan fingerprint density at radius 1 is 1.04 bits per heavy atom. The van der Waals surface area contributed by atoms with Crippen molar-refractivity contribution < 1.29 is 9.59 Å². The summed E-state index contributed by atoms with van der Waals surface area (Å²) in [6.07, 6.45) is 1.55. The van der Waals surface area contributed by atoms with Crippen LogP contribution in [0.4, 0.5) is 11.4 Å². The van der Waals surface area contributed by atoms with Gasteiger partial charge >= 0.3 is 0 Å². The average Bonchev–Trinajstić information content (AvgIpc) is 3.28. The van der Waals surface area contributed by atoms with E-state index in [1.54, 1.807) is 0 Å². The van der Waals surface area contributed by atoms with E-state index in [-0.39, 0.29) is 23.7 Å². The Labute approximate surface area is 141 Å². The molecule has 0 aromatic heterocycles. The number of hydrogen-bond donors (Lipinski definition) is 1. The molecule has 2 atom stereocenters. The molecule has 1 aliphatic carbocycles. The Bertz CT molecular complexity index is 815. The molecule has 24 heavy (non-hydrogen) atoms. The molecule has 1 aliphatic heterocycles. The molecule has 2 aliphatic rings. The van der Waals surface area contributed by atoms with Gasteiger partial charge in [-0.05, 0) is 43.0 Å². The number of carbonyl (C=O) groups excluding carboxylic acids is 2. The molecule has 0 bridgehead atoms. The monoisotopic (exact) mass is 320 g/mol. The molecule has 1 heterocycles. The Balaban J connectivity index is 1.42. The van der Waals surface area contributed by atoms with Crippen molar-refractivity contribution >= 4 is 23.2 Å². The predicted molar refractivity (Wildman–Crippen MR) is 93.9 cm³/mol. The quantitative estimate of drug-likeness (QED) is 0.944. The molecule has 1 saturated carbocycles. The topological polar surface area (TPSA) is 49.4 Å². The van der Waals surface area contributed by atoms with Crippen molar-refractivity contribution in [2.75, 3.05) is 16.8 Å². The fourth-order valence-corrected chi connectivity index (χ4v) is 3.46. The van der Waals surface area contributed by atoms with Gasteiger partial charge in [0, 0.05) is 17.9 Å². The highest BCUT2D eigenvalue weighted by atomic mass is 16.2. The second-order valence-corrected chi connectivity index (χ2v) is 6.62. The van der Waals surface area contributed by atoms with Crippen LogP contribution in [-0.2, 0) is 16.0 Å². The van der Waals surface area contributed by atoms with E-state index in [1.165, 1.54) is 5.56 Å². The van der Waals surface area contributed by atoms with E-state index in [9.17, 15) is 9.59 Å². The van der Waals surface area contributed by atoms with Crippen LogP contribution in [0.3, 0.4) is 0 Å². The summed E-state index contributed by atoms with van der Waals surface area (Å²) in [5.41, 5.74) is 4.08. The molecule has 4 heteroatoms. The van der Waals surface area contributed by atoms with Crippen LogP contribution in [-0.4, -0.2) is 18.4 Å². The Hall–Kier alpha value is -2.62. The van der Waals surface area contributed by atoms with Gasteiger partial charge < -0.3 is 10.2 Å². The van der Waals surface area contributed by atoms with Gasteiger partial charge in [0.15, 0.2) is 0 Å². The first-order valence-electron chi connectivity index (χ1n) is 8.41. The first kappa shape index (κ1) is 14.9. The zero-order chi connectivity index (χ0) is 16.7. The number of nitrogens with one attached hydrogen (secondary N) is 1. The van der Waals surface area contributed by atoms with Gasteiger partial charge in [-0.2, -0.15) is 0 Å². The third kappa shape index (κ3) is 2.58. The second-order valence-electron chi connectivity index (χ2n) is 6.62. The summed E-state index contributed by atoms with van der Waals surface area (Å²) in [5, 5.41) is 2.96. The number of amides is 2. The maximum absolute atomic E-state index is 12.8. The summed E-state index contributed by atoms with van der Waals surface area (Å²) >= 11 is 0. The molecular formula is C20H20N2O2. The van der Waals surface area contributed by atoms with Gasteiger partial charge in [0.2, 0.25) is 11.8 Å². The van der Waals surface area contributed by atoms with Crippen molar-refractivity contribution in [2.45, 2.75) is 19.8 Å². The lowest BCUT2D eigenvalue weighted by molar-refractivity contribution is -0.123. The highest BCUT2D eigenvalue weighted by molar-refractivity contribution is 6.05. The number of fused-ring (bicyclic) bond motifs is 1. The molecule has 0 spiro atoms. The molecule has 1 N–H and O–H groups in total.